The number of anilines is 1. The molecule has 2 N–H and O–H groups in total. The SMILES string of the molecule is Cc1ccc(NC(=O)c2csc(Cc3ccccc3)c2O)cc1. The summed E-state index contributed by atoms with van der Waals surface area (Å²) in [6.45, 7) is 1.99. The summed E-state index contributed by atoms with van der Waals surface area (Å²) in [5, 5.41) is 14.8. The monoisotopic (exact) mass is 323 g/mol. The first kappa shape index (κ1) is 15.3. The minimum absolute atomic E-state index is 0.0727. The van der Waals surface area contributed by atoms with Gasteiger partial charge in [-0.25, -0.2) is 0 Å². The summed E-state index contributed by atoms with van der Waals surface area (Å²) >= 11 is 1.40. The lowest BCUT2D eigenvalue weighted by molar-refractivity contribution is 0.102. The van der Waals surface area contributed by atoms with Crippen molar-refractivity contribution in [1.29, 1.82) is 0 Å². The predicted molar refractivity (Wildman–Crippen MR) is 94.4 cm³/mol. The molecule has 3 rings (SSSR count). The molecule has 0 aliphatic carbocycles. The molecule has 1 heterocycles. The first-order valence-electron chi connectivity index (χ1n) is 7.35. The van der Waals surface area contributed by atoms with Crippen LogP contribution in [0.2, 0.25) is 0 Å². The van der Waals surface area contributed by atoms with Gasteiger partial charge < -0.3 is 10.4 Å². The average Bonchev–Trinajstić information content (AvgIpc) is 2.92. The quantitative estimate of drug-likeness (QED) is 0.737. The maximum atomic E-state index is 12.3. The van der Waals surface area contributed by atoms with Gasteiger partial charge in [0, 0.05) is 17.5 Å². The van der Waals surface area contributed by atoms with Crippen LogP contribution in [0, 0.1) is 6.92 Å². The van der Waals surface area contributed by atoms with Crippen molar-refractivity contribution < 1.29 is 9.90 Å². The molecule has 0 atom stereocenters. The number of nitrogens with one attached hydrogen (secondary N) is 1. The Kier molecular flexibility index (Phi) is 4.44. The Labute approximate surface area is 139 Å². The maximum absolute atomic E-state index is 12.3. The van der Waals surface area contributed by atoms with Crippen LogP contribution >= 0.6 is 11.3 Å². The van der Waals surface area contributed by atoms with Gasteiger partial charge in [0.15, 0.2) is 0 Å². The minimum Gasteiger partial charge on any atom is -0.506 e. The molecular formula is C19H17NO2S. The number of aromatic hydroxyl groups is 1. The number of hydrogen-bond acceptors (Lipinski definition) is 3. The van der Waals surface area contributed by atoms with Crippen molar-refractivity contribution in [3.8, 4) is 5.75 Å². The molecule has 1 aromatic heterocycles. The number of carbonyl (C=O) groups is 1. The Hall–Kier alpha value is -2.59. The summed E-state index contributed by atoms with van der Waals surface area (Å²) in [5.41, 5.74) is 3.28. The van der Waals surface area contributed by atoms with Gasteiger partial charge in [0.05, 0.1) is 10.4 Å². The summed E-state index contributed by atoms with van der Waals surface area (Å²) in [7, 11) is 0. The fourth-order valence-corrected chi connectivity index (χ4v) is 3.25. The number of rotatable bonds is 4. The van der Waals surface area contributed by atoms with E-state index in [-0.39, 0.29) is 11.7 Å². The number of thiophene rings is 1. The molecule has 3 aromatic rings. The second-order valence-corrected chi connectivity index (χ2v) is 6.37. The van der Waals surface area contributed by atoms with Crippen molar-refractivity contribution in [3.05, 3.63) is 81.5 Å². The fourth-order valence-electron chi connectivity index (χ4n) is 2.29. The van der Waals surface area contributed by atoms with E-state index in [1.54, 1.807) is 5.38 Å². The zero-order valence-electron chi connectivity index (χ0n) is 12.7. The van der Waals surface area contributed by atoms with Gasteiger partial charge in [-0.15, -0.1) is 11.3 Å². The molecule has 0 aliphatic rings. The molecule has 0 spiro atoms. The Morgan fingerprint density at radius 3 is 2.48 bits per heavy atom. The van der Waals surface area contributed by atoms with Crippen LogP contribution in [-0.4, -0.2) is 11.0 Å². The van der Waals surface area contributed by atoms with E-state index in [2.05, 4.69) is 5.32 Å². The van der Waals surface area contributed by atoms with Crippen LogP contribution in [0.25, 0.3) is 0 Å². The van der Waals surface area contributed by atoms with Crippen LogP contribution in [0.4, 0.5) is 5.69 Å². The van der Waals surface area contributed by atoms with Crippen LogP contribution in [0.5, 0.6) is 5.75 Å². The summed E-state index contributed by atoms with van der Waals surface area (Å²) in [4.78, 5) is 13.1. The molecule has 0 saturated carbocycles. The third-order valence-electron chi connectivity index (χ3n) is 3.60. The molecule has 0 saturated heterocycles. The van der Waals surface area contributed by atoms with Crippen LogP contribution < -0.4 is 5.32 Å². The van der Waals surface area contributed by atoms with Gasteiger partial charge in [-0.1, -0.05) is 48.0 Å². The molecule has 0 radical (unpaired) electrons. The standard InChI is InChI=1S/C19H17NO2S/c1-13-7-9-15(10-8-13)20-19(22)16-12-23-17(18(16)21)11-14-5-3-2-4-6-14/h2-10,12,21H,11H2,1H3,(H,20,22). The van der Waals surface area contributed by atoms with Crippen LogP contribution in [0.1, 0.15) is 26.4 Å². The van der Waals surface area contributed by atoms with Crippen molar-refractivity contribution in [2.45, 2.75) is 13.3 Å². The van der Waals surface area contributed by atoms with Crippen LogP contribution in [0.15, 0.2) is 60.0 Å². The second kappa shape index (κ2) is 6.67. The van der Waals surface area contributed by atoms with Crippen molar-refractivity contribution >= 4 is 22.9 Å². The number of carbonyl (C=O) groups excluding carboxylic acids is 1. The Morgan fingerprint density at radius 1 is 1.09 bits per heavy atom. The van der Waals surface area contributed by atoms with Crippen molar-refractivity contribution in [2.75, 3.05) is 5.32 Å². The summed E-state index contributed by atoms with van der Waals surface area (Å²) in [5.74, 6) is -0.217. The molecule has 0 bridgehead atoms. The van der Waals surface area contributed by atoms with E-state index >= 15 is 0 Å². The minimum atomic E-state index is -0.290. The number of aryl methyl sites for hydroxylation is 1. The Balaban J connectivity index is 1.75. The maximum Gasteiger partial charge on any atom is 0.260 e. The van der Waals surface area contributed by atoms with Crippen LogP contribution in [0.3, 0.4) is 0 Å². The molecule has 0 fully saturated rings. The van der Waals surface area contributed by atoms with Crippen LogP contribution in [-0.2, 0) is 6.42 Å². The molecule has 1 amide bonds. The molecule has 0 aliphatic heterocycles. The van der Waals surface area contributed by atoms with Gasteiger partial charge in [0.2, 0.25) is 0 Å². The van der Waals surface area contributed by atoms with E-state index in [4.69, 9.17) is 0 Å². The first-order valence-corrected chi connectivity index (χ1v) is 8.23. The van der Waals surface area contributed by atoms with Gasteiger partial charge in [0.1, 0.15) is 5.75 Å². The lowest BCUT2D eigenvalue weighted by Crippen LogP contribution is -2.11. The van der Waals surface area contributed by atoms with E-state index in [9.17, 15) is 9.90 Å². The van der Waals surface area contributed by atoms with E-state index in [0.29, 0.717) is 12.0 Å². The molecule has 4 heteroatoms. The van der Waals surface area contributed by atoms with Gasteiger partial charge >= 0.3 is 0 Å². The van der Waals surface area contributed by atoms with Crippen molar-refractivity contribution in [1.82, 2.24) is 0 Å². The predicted octanol–water partition coefficient (Wildman–Crippen LogP) is 4.61. The van der Waals surface area contributed by atoms with E-state index in [1.807, 2.05) is 61.5 Å². The molecule has 3 nitrogen and oxygen atoms in total. The summed E-state index contributed by atoms with van der Waals surface area (Å²) in [6, 6.07) is 17.5. The lowest BCUT2D eigenvalue weighted by Gasteiger charge is -2.05. The number of hydrogen-bond donors (Lipinski definition) is 2. The topological polar surface area (TPSA) is 49.3 Å². The molecule has 2 aromatic carbocycles. The smallest absolute Gasteiger partial charge is 0.260 e. The highest BCUT2D eigenvalue weighted by molar-refractivity contribution is 7.10. The lowest BCUT2D eigenvalue weighted by atomic mass is 10.1. The Bertz CT molecular complexity index is 807. The van der Waals surface area contributed by atoms with E-state index < -0.39 is 0 Å². The van der Waals surface area contributed by atoms with E-state index in [1.165, 1.54) is 11.3 Å². The van der Waals surface area contributed by atoms with Crippen molar-refractivity contribution in [2.24, 2.45) is 0 Å². The van der Waals surface area contributed by atoms with Gasteiger partial charge in [-0.2, -0.15) is 0 Å². The Morgan fingerprint density at radius 2 is 1.78 bits per heavy atom. The normalized spacial score (nSPS) is 10.5. The molecular weight excluding hydrogens is 306 g/mol. The zero-order chi connectivity index (χ0) is 16.2. The van der Waals surface area contributed by atoms with Gasteiger partial charge in [0.25, 0.3) is 5.91 Å². The summed E-state index contributed by atoms with van der Waals surface area (Å²) in [6.07, 6.45) is 0.620. The first-order chi connectivity index (χ1) is 11.1. The van der Waals surface area contributed by atoms with Crippen molar-refractivity contribution in [3.63, 3.8) is 0 Å². The van der Waals surface area contributed by atoms with Gasteiger partial charge in [-0.3, -0.25) is 4.79 Å². The fraction of sp³-hybridized carbons (Fsp3) is 0.105. The third kappa shape index (κ3) is 3.60. The highest BCUT2D eigenvalue weighted by Gasteiger charge is 2.17. The van der Waals surface area contributed by atoms with E-state index in [0.717, 1.165) is 21.7 Å². The highest BCUT2D eigenvalue weighted by atomic mass is 32.1. The average molecular weight is 323 g/mol. The zero-order valence-corrected chi connectivity index (χ0v) is 13.6. The molecule has 116 valence electrons. The van der Waals surface area contributed by atoms with Gasteiger partial charge in [-0.05, 0) is 24.6 Å². The summed E-state index contributed by atoms with van der Waals surface area (Å²) < 4.78 is 0. The largest absolute Gasteiger partial charge is 0.506 e. The number of amides is 1. The molecule has 23 heavy (non-hydrogen) atoms. The molecule has 0 unspecified atom stereocenters. The third-order valence-corrected chi connectivity index (χ3v) is 4.58. The number of benzene rings is 2. The second-order valence-electron chi connectivity index (χ2n) is 5.40. The highest BCUT2D eigenvalue weighted by Crippen LogP contribution is 2.32.